The smallest absolute Gasteiger partial charge is 0.171 e. The maximum atomic E-state index is 13.6. The van der Waals surface area contributed by atoms with Crippen LogP contribution in [0.4, 0.5) is 10.1 Å². The van der Waals surface area contributed by atoms with Crippen molar-refractivity contribution in [3.63, 3.8) is 0 Å². The fourth-order valence-corrected chi connectivity index (χ4v) is 3.48. The van der Waals surface area contributed by atoms with E-state index < -0.39 is 21.8 Å². The summed E-state index contributed by atoms with van der Waals surface area (Å²) in [5.41, 5.74) is 1.95. The van der Waals surface area contributed by atoms with E-state index in [-0.39, 0.29) is 10.5 Å². The van der Waals surface area contributed by atoms with Gasteiger partial charge < -0.3 is 10.4 Å². The van der Waals surface area contributed by atoms with Crippen LogP contribution in [0.3, 0.4) is 0 Å². The van der Waals surface area contributed by atoms with E-state index in [9.17, 15) is 17.9 Å². The van der Waals surface area contributed by atoms with E-state index >= 15 is 0 Å². The van der Waals surface area contributed by atoms with Crippen LogP contribution in [0, 0.1) is 17.1 Å². The van der Waals surface area contributed by atoms with Gasteiger partial charge in [-0.15, -0.1) is 0 Å². The molecule has 132 valence electrons. The van der Waals surface area contributed by atoms with Crippen LogP contribution in [0.2, 0.25) is 0 Å². The highest BCUT2D eigenvalue weighted by Gasteiger charge is 2.30. The first kappa shape index (κ1) is 18.9. The van der Waals surface area contributed by atoms with E-state index in [0.717, 1.165) is 12.3 Å². The van der Waals surface area contributed by atoms with Crippen molar-refractivity contribution < 1.29 is 17.9 Å². The molecule has 1 aromatic rings. The van der Waals surface area contributed by atoms with Gasteiger partial charge in [0.15, 0.2) is 9.84 Å². The van der Waals surface area contributed by atoms with Crippen LogP contribution >= 0.6 is 0 Å². The van der Waals surface area contributed by atoms with Crippen molar-refractivity contribution in [2.75, 3.05) is 11.6 Å². The quantitative estimate of drug-likeness (QED) is 0.859. The lowest BCUT2D eigenvalue weighted by atomic mass is 10.1. The summed E-state index contributed by atoms with van der Waals surface area (Å²) in [6.07, 6.45) is 2.54. The number of aliphatic hydroxyl groups excluding tert-OH is 1. The molecule has 0 saturated heterocycles. The molecule has 7 heteroatoms. The van der Waals surface area contributed by atoms with E-state index in [4.69, 9.17) is 5.26 Å². The Bertz CT molecular complexity index is 924. The van der Waals surface area contributed by atoms with Gasteiger partial charge in [0.1, 0.15) is 5.82 Å². The molecule has 2 rings (SSSR count). The summed E-state index contributed by atoms with van der Waals surface area (Å²) in [6, 6.07) is 5.69. The number of anilines is 1. The van der Waals surface area contributed by atoms with Gasteiger partial charge >= 0.3 is 0 Å². The highest BCUT2D eigenvalue weighted by atomic mass is 32.2. The molecule has 1 unspecified atom stereocenters. The Kier molecular flexibility index (Phi) is 5.45. The fourth-order valence-electron chi connectivity index (χ4n) is 2.82. The number of sulfone groups is 1. The summed E-state index contributed by atoms with van der Waals surface area (Å²) in [7, 11) is -3.46. The first-order valence-corrected chi connectivity index (χ1v) is 9.49. The van der Waals surface area contributed by atoms with Crippen molar-refractivity contribution in [1.29, 1.82) is 5.26 Å². The molecule has 1 fully saturated rings. The second-order valence-electron chi connectivity index (χ2n) is 5.86. The van der Waals surface area contributed by atoms with Gasteiger partial charge in [0.2, 0.25) is 0 Å². The first-order valence-electron chi connectivity index (χ1n) is 7.60. The largest absolute Gasteiger partial charge is 0.388 e. The number of hydrogen-bond donors (Lipinski definition) is 2. The maximum Gasteiger partial charge on any atom is 0.171 e. The van der Waals surface area contributed by atoms with Crippen molar-refractivity contribution >= 4 is 15.5 Å². The molecule has 1 saturated carbocycles. The molecule has 25 heavy (non-hydrogen) atoms. The zero-order valence-electron chi connectivity index (χ0n) is 14.0. The van der Waals surface area contributed by atoms with Crippen molar-refractivity contribution in [1.82, 2.24) is 0 Å². The van der Waals surface area contributed by atoms with Gasteiger partial charge in [-0.3, -0.25) is 0 Å². The molecular weight excluding hydrogens is 343 g/mol. The monoisotopic (exact) mass is 362 g/mol. The number of rotatable bonds is 4. The zero-order chi connectivity index (χ0) is 18.8. The minimum atomic E-state index is -3.46. The average Bonchev–Trinajstić information content (AvgIpc) is 2.91. The Labute approximate surface area is 146 Å². The molecule has 2 N–H and O–H groups in total. The number of nitrogens with one attached hydrogen (secondary N) is 1. The van der Waals surface area contributed by atoms with Crippen LogP contribution in [-0.2, 0) is 9.84 Å². The van der Waals surface area contributed by atoms with Gasteiger partial charge in [0.25, 0.3) is 0 Å². The van der Waals surface area contributed by atoms with Crippen LogP contribution in [0.5, 0.6) is 0 Å². The van der Waals surface area contributed by atoms with E-state index in [1.54, 1.807) is 0 Å². The van der Waals surface area contributed by atoms with Crippen LogP contribution in [0.25, 0.3) is 0 Å². The summed E-state index contributed by atoms with van der Waals surface area (Å²) < 4.78 is 37.4. The van der Waals surface area contributed by atoms with E-state index in [2.05, 4.69) is 11.9 Å². The van der Waals surface area contributed by atoms with E-state index in [0.29, 0.717) is 35.4 Å². The van der Waals surface area contributed by atoms with Crippen molar-refractivity contribution in [3.8, 4) is 6.07 Å². The Hall–Kier alpha value is -2.43. The first-order chi connectivity index (χ1) is 11.7. The second kappa shape index (κ2) is 7.21. The summed E-state index contributed by atoms with van der Waals surface area (Å²) >= 11 is 0. The predicted molar refractivity (Wildman–Crippen MR) is 94.7 cm³/mol. The van der Waals surface area contributed by atoms with Gasteiger partial charge in [-0.05, 0) is 55.2 Å². The lowest BCUT2D eigenvalue weighted by Gasteiger charge is -2.15. The lowest BCUT2D eigenvalue weighted by Crippen LogP contribution is -2.12. The molecule has 0 bridgehead atoms. The molecule has 0 aliphatic heterocycles. The third kappa shape index (κ3) is 4.16. The molecule has 1 aliphatic rings. The van der Waals surface area contributed by atoms with Crippen LogP contribution < -0.4 is 5.32 Å². The van der Waals surface area contributed by atoms with Gasteiger partial charge in [-0.1, -0.05) is 6.58 Å². The van der Waals surface area contributed by atoms with E-state index in [1.165, 1.54) is 25.1 Å². The number of benzene rings is 1. The Morgan fingerprint density at radius 2 is 2.16 bits per heavy atom. The molecule has 1 aliphatic carbocycles. The Morgan fingerprint density at radius 3 is 2.72 bits per heavy atom. The molecular formula is C18H19FN2O3S. The minimum absolute atomic E-state index is 0.102. The number of nitrogens with zero attached hydrogens (tertiary/aromatic N) is 1. The van der Waals surface area contributed by atoms with Gasteiger partial charge in [-0.2, -0.15) is 5.26 Å². The molecule has 0 radical (unpaired) electrons. The Balaban J connectivity index is 2.56. The molecule has 0 heterocycles. The highest BCUT2D eigenvalue weighted by Crippen LogP contribution is 2.37. The summed E-state index contributed by atoms with van der Waals surface area (Å²) in [5.74, 6) is -0.565. The number of hydrogen-bond acceptors (Lipinski definition) is 5. The second-order valence-corrected chi connectivity index (χ2v) is 8.01. The number of allylic oxidation sites excluding steroid dienone is 2. The molecule has 0 amide bonds. The SMILES string of the molecule is C=C/C(Nc1cc(F)cc(C#N)c1)=C1/CCC(O)/C1=C(/C)S(C)(=O)=O. The normalized spacial score (nSPS) is 21.5. The minimum Gasteiger partial charge on any atom is -0.388 e. The average molecular weight is 362 g/mol. The lowest BCUT2D eigenvalue weighted by molar-refractivity contribution is 0.218. The maximum absolute atomic E-state index is 13.6. The zero-order valence-corrected chi connectivity index (χ0v) is 14.8. The van der Waals surface area contributed by atoms with Crippen molar-refractivity contribution in [3.05, 3.63) is 64.0 Å². The standard InChI is InChI=1S/C18H19FN2O3S/c1-4-16(21-14-8-12(10-20)7-13(19)9-14)15-5-6-17(22)18(15)11(2)25(3,23)24/h4,7-9,17,21-22H,1,5-6H2,2-3H3/b16-15+,18-11-. The van der Waals surface area contributed by atoms with Crippen molar-refractivity contribution in [2.45, 2.75) is 25.9 Å². The summed E-state index contributed by atoms with van der Waals surface area (Å²) in [4.78, 5) is 0.102. The molecule has 5 nitrogen and oxygen atoms in total. The predicted octanol–water partition coefficient (Wildman–Crippen LogP) is 3.02. The molecule has 1 atom stereocenters. The Morgan fingerprint density at radius 1 is 1.48 bits per heavy atom. The van der Waals surface area contributed by atoms with Crippen LogP contribution in [-0.4, -0.2) is 25.9 Å². The van der Waals surface area contributed by atoms with Crippen LogP contribution in [0.1, 0.15) is 25.3 Å². The summed E-state index contributed by atoms with van der Waals surface area (Å²) in [5, 5.41) is 22.1. The van der Waals surface area contributed by atoms with Gasteiger partial charge in [0, 0.05) is 22.5 Å². The van der Waals surface area contributed by atoms with E-state index in [1.807, 2.05) is 6.07 Å². The molecule has 1 aromatic carbocycles. The van der Waals surface area contributed by atoms with Gasteiger partial charge in [0.05, 0.1) is 17.7 Å². The molecule has 0 spiro atoms. The molecule has 0 aromatic heterocycles. The summed E-state index contributed by atoms with van der Waals surface area (Å²) in [6.45, 7) is 5.17. The number of halogens is 1. The highest BCUT2D eigenvalue weighted by molar-refractivity contribution is 7.94. The van der Waals surface area contributed by atoms with Crippen LogP contribution in [0.15, 0.2) is 52.6 Å². The third-order valence-electron chi connectivity index (χ3n) is 4.10. The van der Waals surface area contributed by atoms with Gasteiger partial charge in [-0.25, -0.2) is 12.8 Å². The topological polar surface area (TPSA) is 90.2 Å². The number of aliphatic hydroxyl groups is 1. The fraction of sp³-hybridized carbons (Fsp3) is 0.278. The van der Waals surface area contributed by atoms with Crippen molar-refractivity contribution in [2.24, 2.45) is 0 Å². The number of nitriles is 1. The third-order valence-corrected chi connectivity index (χ3v) is 5.43.